The molecule has 1 heterocycles. The van der Waals surface area contributed by atoms with Gasteiger partial charge in [-0.05, 0) is 23.3 Å². The molecule has 7 heteroatoms. The number of carboxylic acid groups (broad SMARTS) is 1. The third-order valence-electron chi connectivity index (χ3n) is 2.25. The van der Waals surface area contributed by atoms with E-state index in [-0.39, 0.29) is 21.7 Å². The summed E-state index contributed by atoms with van der Waals surface area (Å²) in [6.45, 7) is 5.86. The lowest BCUT2D eigenvalue weighted by atomic mass is 9.94. The van der Waals surface area contributed by atoms with Gasteiger partial charge in [0.15, 0.2) is 0 Å². The zero-order valence-corrected chi connectivity index (χ0v) is 12.2. The van der Waals surface area contributed by atoms with Crippen LogP contribution in [0.3, 0.4) is 0 Å². The second kappa shape index (κ2) is 5.27. The number of rotatable bonds is 5. The Labute approximate surface area is 111 Å². The Bertz CT molecular complexity index is 525. The van der Waals surface area contributed by atoms with Crippen LogP contribution in [0.25, 0.3) is 0 Å². The fourth-order valence-corrected chi connectivity index (χ4v) is 3.45. The molecule has 0 saturated carbocycles. The van der Waals surface area contributed by atoms with Gasteiger partial charge in [-0.25, -0.2) is 13.2 Å². The molecular formula is C11H17NO4S2. The van der Waals surface area contributed by atoms with Gasteiger partial charge in [-0.15, -0.1) is 11.3 Å². The Hall–Kier alpha value is -1.08. The SMILES string of the molecule is CC(C)(C)CCS(=O)(=O)Nc1ccsc1C(=O)O. The summed E-state index contributed by atoms with van der Waals surface area (Å²) < 4.78 is 26.0. The van der Waals surface area contributed by atoms with Crippen molar-refractivity contribution < 1.29 is 18.3 Å². The molecule has 2 N–H and O–H groups in total. The van der Waals surface area contributed by atoms with Gasteiger partial charge in [0.1, 0.15) is 4.88 Å². The van der Waals surface area contributed by atoms with E-state index in [2.05, 4.69) is 4.72 Å². The molecule has 1 aromatic heterocycles. The molecule has 102 valence electrons. The lowest BCUT2D eigenvalue weighted by Crippen LogP contribution is -2.21. The van der Waals surface area contributed by atoms with Crippen molar-refractivity contribution in [3.05, 3.63) is 16.3 Å². The highest BCUT2D eigenvalue weighted by molar-refractivity contribution is 7.92. The van der Waals surface area contributed by atoms with E-state index in [0.29, 0.717) is 6.42 Å². The van der Waals surface area contributed by atoms with Crippen molar-refractivity contribution in [3.8, 4) is 0 Å². The van der Waals surface area contributed by atoms with Crippen molar-refractivity contribution in [3.63, 3.8) is 0 Å². The van der Waals surface area contributed by atoms with E-state index in [4.69, 9.17) is 5.11 Å². The Morgan fingerprint density at radius 3 is 2.56 bits per heavy atom. The van der Waals surface area contributed by atoms with Gasteiger partial charge in [0.25, 0.3) is 0 Å². The Kier molecular flexibility index (Phi) is 4.39. The van der Waals surface area contributed by atoms with Crippen molar-refractivity contribution >= 4 is 33.0 Å². The molecule has 0 aliphatic heterocycles. The fraction of sp³-hybridized carbons (Fsp3) is 0.545. The maximum absolute atomic E-state index is 11.8. The van der Waals surface area contributed by atoms with Crippen molar-refractivity contribution in [2.75, 3.05) is 10.5 Å². The molecule has 0 aliphatic carbocycles. The lowest BCUT2D eigenvalue weighted by Gasteiger charge is -2.18. The zero-order chi connectivity index (χ0) is 14.0. The van der Waals surface area contributed by atoms with E-state index in [1.165, 1.54) is 6.07 Å². The van der Waals surface area contributed by atoms with Gasteiger partial charge < -0.3 is 5.11 Å². The smallest absolute Gasteiger partial charge is 0.348 e. The Morgan fingerprint density at radius 2 is 2.06 bits per heavy atom. The normalized spacial score (nSPS) is 12.4. The first-order valence-corrected chi connectivity index (χ1v) is 7.95. The summed E-state index contributed by atoms with van der Waals surface area (Å²) in [7, 11) is -3.50. The number of aromatic carboxylic acids is 1. The number of nitrogens with one attached hydrogen (secondary N) is 1. The number of carboxylic acids is 1. The number of carbonyl (C=O) groups is 1. The number of thiophene rings is 1. The minimum atomic E-state index is -3.50. The maximum Gasteiger partial charge on any atom is 0.348 e. The Morgan fingerprint density at radius 1 is 1.44 bits per heavy atom. The molecule has 1 rings (SSSR count). The zero-order valence-electron chi connectivity index (χ0n) is 10.6. The summed E-state index contributed by atoms with van der Waals surface area (Å²) in [4.78, 5) is 10.9. The van der Waals surface area contributed by atoms with Gasteiger partial charge in [0.05, 0.1) is 11.4 Å². The molecule has 0 aliphatic rings. The van der Waals surface area contributed by atoms with E-state index in [0.717, 1.165) is 11.3 Å². The third kappa shape index (κ3) is 4.66. The van der Waals surface area contributed by atoms with Gasteiger partial charge in [-0.3, -0.25) is 4.72 Å². The average molecular weight is 291 g/mol. The molecule has 0 fully saturated rings. The molecule has 0 spiro atoms. The van der Waals surface area contributed by atoms with Crippen molar-refractivity contribution in [1.82, 2.24) is 0 Å². The first-order chi connectivity index (χ1) is 8.11. The molecule has 5 nitrogen and oxygen atoms in total. The van der Waals surface area contributed by atoms with Crippen LogP contribution in [0, 0.1) is 5.41 Å². The monoisotopic (exact) mass is 291 g/mol. The minimum Gasteiger partial charge on any atom is -0.477 e. The van der Waals surface area contributed by atoms with E-state index in [9.17, 15) is 13.2 Å². The van der Waals surface area contributed by atoms with Crippen LogP contribution in [0.15, 0.2) is 11.4 Å². The van der Waals surface area contributed by atoms with Crippen LogP contribution in [-0.4, -0.2) is 25.2 Å². The van der Waals surface area contributed by atoms with Crippen LogP contribution in [0.1, 0.15) is 36.9 Å². The summed E-state index contributed by atoms with van der Waals surface area (Å²) >= 11 is 0.995. The van der Waals surface area contributed by atoms with Crippen LogP contribution in [-0.2, 0) is 10.0 Å². The summed E-state index contributed by atoms with van der Waals surface area (Å²) in [6, 6.07) is 1.46. The second-order valence-electron chi connectivity index (χ2n) is 5.20. The highest BCUT2D eigenvalue weighted by Crippen LogP contribution is 2.25. The van der Waals surface area contributed by atoms with Crippen LogP contribution in [0.5, 0.6) is 0 Å². The van der Waals surface area contributed by atoms with Crippen LogP contribution >= 0.6 is 11.3 Å². The molecule has 0 aromatic carbocycles. The molecule has 18 heavy (non-hydrogen) atoms. The molecular weight excluding hydrogens is 274 g/mol. The topological polar surface area (TPSA) is 83.5 Å². The van der Waals surface area contributed by atoms with Crippen molar-refractivity contribution in [2.24, 2.45) is 5.41 Å². The van der Waals surface area contributed by atoms with Gasteiger partial charge in [0.2, 0.25) is 10.0 Å². The highest BCUT2D eigenvalue weighted by atomic mass is 32.2. The van der Waals surface area contributed by atoms with Gasteiger partial charge >= 0.3 is 5.97 Å². The fourth-order valence-electron chi connectivity index (χ4n) is 1.21. The van der Waals surface area contributed by atoms with Gasteiger partial charge in [-0.1, -0.05) is 20.8 Å². The first kappa shape index (κ1) is 15.0. The lowest BCUT2D eigenvalue weighted by molar-refractivity contribution is 0.0703. The Balaban J connectivity index is 2.77. The van der Waals surface area contributed by atoms with Crippen molar-refractivity contribution in [2.45, 2.75) is 27.2 Å². The van der Waals surface area contributed by atoms with E-state index < -0.39 is 16.0 Å². The van der Waals surface area contributed by atoms with Crippen LogP contribution < -0.4 is 4.72 Å². The van der Waals surface area contributed by atoms with Gasteiger partial charge in [-0.2, -0.15) is 0 Å². The standard InChI is InChI=1S/C11H17NO4S2/c1-11(2,3)5-7-18(15,16)12-8-4-6-17-9(8)10(13)14/h4,6,12H,5,7H2,1-3H3,(H,13,14). The second-order valence-corrected chi connectivity index (χ2v) is 7.96. The number of sulfonamides is 1. The largest absolute Gasteiger partial charge is 0.477 e. The quantitative estimate of drug-likeness (QED) is 0.873. The summed E-state index contributed by atoms with van der Waals surface area (Å²) in [5.41, 5.74) is 0.0559. The van der Waals surface area contributed by atoms with E-state index in [1.807, 2.05) is 20.8 Å². The molecule has 0 unspecified atom stereocenters. The van der Waals surface area contributed by atoms with Gasteiger partial charge in [0, 0.05) is 0 Å². The number of hydrogen-bond acceptors (Lipinski definition) is 4. The molecule has 0 saturated heterocycles. The number of anilines is 1. The predicted molar refractivity (Wildman–Crippen MR) is 72.8 cm³/mol. The summed E-state index contributed by atoms with van der Waals surface area (Å²) in [6.07, 6.45) is 0.509. The van der Waals surface area contributed by atoms with Crippen molar-refractivity contribution in [1.29, 1.82) is 0 Å². The number of hydrogen-bond donors (Lipinski definition) is 2. The predicted octanol–water partition coefficient (Wildman–Crippen LogP) is 2.62. The highest BCUT2D eigenvalue weighted by Gasteiger charge is 2.20. The van der Waals surface area contributed by atoms with Crippen LogP contribution in [0.2, 0.25) is 0 Å². The first-order valence-electron chi connectivity index (χ1n) is 5.42. The van der Waals surface area contributed by atoms with E-state index >= 15 is 0 Å². The average Bonchev–Trinajstić information content (AvgIpc) is 2.61. The van der Waals surface area contributed by atoms with Crippen LogP contribution in [0.4, 0.5) is 5.69 Å². The minimum absolute atomic E-state index is 0.00864. The summed E-state index contributed by atoms with van der Waals surface area (Å²) in [5.74, 6) is -1.15. The van der Waals surface area contributed by atoms with E-state index in [1.54, 1.807) is 5.38 Å². The third-order valence-corrected chi connectivity index (χ3v) is 4.42. The molecule has 0 atom stereocenters. The molecule has 0 amide bonds. The maximum atomic E-state index is 11.8. The summed E-state index contributed by atoms with van der Waals surface area (Å²) in [5, 5.41) is 10.4. The molecule has 0 bridgehead atoms. The molecule has 1 aromatic rings. The molecule has 0 radical (unpaired) electrons.